The zero-order valence-electron chi connectivity index (χ0n) is 11.9. The second-order valence-electron chi connectivity index (χ2n) is 7.56. The van der Waals surface area contributed by atoms with Crippen LogP contribution in [0.25, 0.3) is 0 Å². The first kappa shape index (κ1) is 12.5. The Labute approximate surface area is 102 Å². The largest absolute Gasteiger partial charge is 0.0625 e. The summed E-state index contributed by atoms with van der Waals surface area (Å²) in [6.07, 6.45) is 7.43. The van der Waals surface area contributed by atoms with E-state index < -0.39 is 0 Å². The lowest BCUT2D eigenvalue weighted by Crippen LogP contribution is -2.30. The Bertz CT molecular complexity index is 230. The molecular weight excluding hydrogens is 192 g/mol. The molecular formula is C16H30. The maximum atomic E-state index is 2.56. The Morgan fingerprint density at radius 1 is 0.750 bits per heavy atom. The van der Waals surface area contributed by atoms with Crippen molar-refractivity contribution in [3.05, 3.63) is 0 Å². The molecule has 16 heavy (non-hydrogen) atoms. The van der Waals surface area contributed by atoms with E-state index in [9.17, 15) is 0 Å². The van der Waals surface area contributed by atoms with Gasteiger partial charge in [0.2, 0.25) is 0 Å². The summed E-state index contributed by atoms with van der Waals surface area (Å²) in [6, 6.07) is 0. The van der Waals surface area contributed by atoms with Gasteiger partial charge < -0.3 is 0 Å². The average molecular weight is 222 g/mol. The summed E-state index contributed by atoms with van der Waals surface area (Å²) in [4.78, 5) is 0. The van der Waals surface area contributed by atoms with E-state index in [1.165, 1.54) is 32.1 Å². The monoisotopic (exact) mass is 222 g/mol. The van der Waals surface area contributed by atoms with Crippen LogP contribution in [0.1, 0.15) is 66.7 Å². The van der Waals surface area contributed by atoms with E-state index in [-0.39, 0.29) is 0 Å². The second-order valence-corrected chi connectivity index (χ2v) is 7.56. The molecule has 0 saturated heterocycles. The fraction of sp³-hybridized carbons (Fsp3) is 1.00. The first-order chi connectivity index (χ1) is 7.41. The van der Waals surface area contributed by atoms with Crippen LogP contribution in [-0.2, 0) is 0 Å². The molecule has 0 aliphatic heterocycles. The summed E-state index contributed by atoms with van der Waals surface area (Å²) in [5.41, 5.74) is 0.601. The molecule has 2 aliphatic rings. The molecule has 0 radical (unpaired) electrons. The van der Waals surface area contributed by atoms with Gasteiger partial charge in [-0.3, -0.25) is 0 Å². The fourth-order valence-electron chi connectivity index (χ4n) is 4.28. The Balaban J connectivity index is 2.02. The topological polar surface area (TPSA) is 0 Å². The van der Waals surface area contributed by atoms with Gasteiger partial charge in [-0.05, 0) is 60.7 Å². The van der Waals surface area contributed by atoms with Crippen molar-refractivity contribution in [1.82, 2.24) is 0 Å². The first-order valence-corrected chi connectivity index (χ1v) is 7.41. The number of rotatable bonds is 2. The zero-order valence-corrected chi connectivity index (χ0v) is 11.9. The van der Waals surface area contributed by atoms with E-state index in [0.29, 0.717) is 5.41 Å². The van der Waals surface area contributed by atoms with E-state index in [1.807, 2.05) is 0 Å². The van der Waals surface area contributed by atoms with E-state index in [1.54, 1.807) is 0 Å². The third-order valence-corrected chi connectivity index (χ3v) is 6.08. The average Bonchev–Trinajstić information content (AvgIpc) is 2.75. The maximum Gasteiger partial charge on any atom is -0.0297 e. The first-order valence-electron chi connectivity index (χ1n) is 7.41. The van der Waals surface area contributed by atoms with Gasteiger partial charge in [0.15, 0.2) is 0 Å². The van der Waals surface area contributed by atoms with Crippen LogP contribution in [0.4, 0.5) is 0 Å². The van der Waals surface area contributed by atoms with Gasteiger partial charge in [0.25, 0.3) is 0 Å². The molecule has 2 unspecified atom stereocenters. The summed E-state index contributed by atoms with van der Waals surface area (Å²) < 4.78 is 0. The van der Waals surface area contributed by atoms with E-state index in [2.05, 4.69) is 34.6 Å². The molecule has 0 heterocycles. The van der Waals surface area contributed by atoms with Crippen LogP contribution in [0.2, 0.25) is 0 Å². The highest BCUT2D eigenvalue weighted by Gasteiger charge is 2.44. The minimum atomic E-state index is 0.601. The van der Waals surface area contributed by atoms with Crippen LogP contribution in [0.3, 0.4) is 0 Å². The lowest BCUT2D eigenvalue weighted by molar-refractivity contribution is 0.114. The molecule has 0 aromatic heterocycles. The van der Waals surface area contributed by atoms with E-state index in [0.717, 1.165) is 29.6 Å². The molecule has 0 aromatic rings. The van der Waals surface area contributed by atoms with Crippen molar-refractivity contribution in [1.29, 1.82) is 0 Å². The Hall–Kier alpha value is 0. The van der Waals surface area contributed by atoms with Crippen LogP contribution in [-0.4, -0.2) is 0 Å². The number of hydrogen-bond donors (Lipinski definition) is 0. The molecule has 2 aliphatic carbocycles. The molecule has 0 spiro atoms. The van der Waals surface area contributed by atoms with Crippen molar-refractivity contribution in [3.63, 3.8) is 0 Å². The minimum absolute atomic E-state index is 0.601. The molecule has 94 valence electrons. The van der Waals surface area contributed by atoms with Gasteiger partial charge in [0.1, 0.15) is 0 Å². The Kier molecular flexibility index (Phi) is 3.39. The van der Waals surface area contributed by atoms with Crippen molar-refractivity contribution < 1.29 is 0 Å². The molecule has 2 fully saturated rings. The summed E-state index contributed by atoms with van der Waals surface area (Å²) in [5, 5.41) is 0. The highest BCUT2D eigenvalue weighted by Crippen LogP contribution is 2.53. The third kappa shape index (κ3) is 2.17. The Morgan fingerprint density at radius 2 is 1.31 bits per heavy atom. The predicted molar refractivity (Wildman–Crippen MR) is 71.3 cm³/mol. The molecule has 2 rings (SSSR count). The molecule has 0 bridgehead atoms. The van der Waals surface area contributed by atoms with Crippen molar-refractivity contribution in [3.8, 4) is 0 Å². The summed E-state index contributed by atoms with van der Waals surface area (Å²) in [7, 11) is 0. The van der Waals surface area contributed by atoms with Gasteiger partial charge in [-0.15, -0.1) is 0 Å². The van der Waals surface area contributed by atoms with Crippen LogP contribution in [0, 0.1) is 35.0 Å². The molecule has 0 aromatic carbocycles. The van der Waals surface area contributed by atoms with Crippen molar-refractivity contribution >= 4 is 0 Å². The van der Waals surface area contributed by atoms with Crippen LogP contribution in [0.5, 0.6) is 0 Å². The van der Waals surface area contributed by atoms with Crippen molar-refractivity contribution in [2.45, 2.75) is 66.7 Å². The molecule has 0 amide bonds. The van der Waals surface area contributed by atoms with Crippen molar-refractivity contribution in [2.75, 3.05) is 0 Å². The molecule has 0 heteroatoms. The SMILES string of the molecule is CC1CC(C(C)(C)[C@H]2CC[C@H](C)C2)C[C@@H]1C. The minimum Gasteiger partial charge on any atom is -0.0625 e. The van der Waals surface area contributed by atoms with Gasteiger partial charge in [0, 0.05) is 0 Å². The maximum absolute atomic E-state index is 2.56. The molecule has 5 atom stereocenters. The normalized spacial score (nSPS) is 45.2. The molecule has 0 N–H and O–H groups in total. The lowest BCUT2D eigenvalue weighted by Gasteiger charge is -2.38. The summed E-state index contributed by atoms with van der Waals surface area (Å²) in [6.45, 7) is 12.5. The van der Waals surface area contributed by atoms with Crippen LogP contribution >= 0.6 is 0 Å². The predicted octanol–water partition coefficient (Wildman–Crippen LogP) is 5.13. The van der Waals surface area contributed by atoms with Gasteiger partial charge in [-0.2, -0.15) is 0 Å². The highest BCUT2D eigenvalue weighted by atomic mass is 14.5. The van der Waals surface area contributed by atoms with Crippen molar-refractivity contribution in [2.24, 2.45) is 35.0 Å². The quantitative estimate of drug-likeness (QED) is 0.607. The highest BCUT2D eigenvalue weighted by molar-refractivity contribution is 4.93. The van der Waals surface area contributed by atoms with Crippen LogP contribution in [0.15, 0.2) is 0 Å². The summed E-state index contributed by atoms with van der Waals surface area (Å²) in [5.74, 6) is 4.91. The van der Waals surface area contributed by atoms with E-state index in [4.69, 9.17) is 0 Å². The fourth-order valence-corrected chi connectivity index (χ4v) is 4.28. The van der Waals surface area contributed by atoms with Crippen LogP contribution < -0.4 is 0 Å². The standard InChI is InChI=1S/C16H30/c1-11-6-7-14(8-11)16(4,5)15-9-12(2)13(3)10-15/h11-15H,6-10H2,1-5H3/t11-,12-,13?,14-,15?/m0/s1. The smallest absolute Gasteiger partial charge is 0.0297 e. The lowest BCUT2D eigenvalue weighted by atomic mass is 9.67. The van der Waals surface area contributed by atoms with Gasteiger partial charge in [0.05, 0.1) is 0 Å². The third-order valence-electron chi connectivity index (χ3n) is 6.08. The van der Waals surface area contributed by atoms with Gasteiger partial charge in [-0.25, -0.2) is 0 Å². The molecule has 0 nitrogen and oxygen atoms in total. The van der Waals surface area contributed by atoms with Gasteiger partial charge in [-0.1, -0.05) is 41.0 Å². The Morgan fingerprint density at radius 3 is 1.75 bits per heavy atom. The number of hydrogen-bond acceptors (Lipinski definition) is 0. The zero-order chi connectivity index (χ0) is 11.9. The molecule has 2 saturated carbocycles. The van der Waals surface area contributed by atoms with E-state index >= 15 is 0 Å². The van der Waals surface area contributed by atoms with Gasteiger partial charge >= 0.3 is 0 Å². The summed E-state index contributed by atoms with van der Waals surface area (Å²) >= 11 is 0. The second kappa shape index (κ2) is 4.35.